The lowest BCUT2D eigenvalue weighted by Gasteiger charge is -1.99. The van der Waals surface area contributed by atoms with Crippen LogP contribution in [-0.4, -0.2) is 40.0 Å². The number of nitrogens with one attached hydrogen (secondary N) is 1. The quantitative estimate of drug-likeness (QED) is 0.771. The van der Waals surface area contributed by atoms with Crippen LogP contribution in [0.15, 0.2) is 5.38 Å². The Morgan fingerprint density at radius 2 is 2.31 bits per heavy atom. The Bertz CT molecular complexity index is 416. The Kier molecular flexibility index (Phi) is 4.28. The molecule has 0 bridgehead atoms. The minimum Gasteiger partial charge on any atom is -0.383 e. The van der Waals surface area contributed by atoms with E-state index >= 15 is 0 Å². The summed E-state index contributed by atoms with van der Waals surface area (Å²) in [7, 11) is 1.68. The van der Waals surface area contributed by atoms with Gasteiger partial charge in [-0.15, -0.1) is 15.3 Å². The first-order chi connectivity index (χ1) is 7.90. The van der Waals surface area contributed by atoms with Gasteiger partial charge in [-0.2, -0.15) is 0 Å². The molecule has 0 saturated heterocycles. The molecule has 0 radical (unpaired) electrons. The Morgan fingerprint density at radius 1 is 1.38 bits per heavy atom. The number of aromatic nitrogens is 4. The lowest BCUT2D eigenvalue weighted by molar-refractivity contribution is 0.199. The van der Waals surface area contributed by atoms with Gasteiger partial charge in [0.2, 0.25) is 0 Å². The normalized spacial score (nSPS) is 10.8. The van der Waals surface area contributed by atoms with Crippen molar-refractivity contribution in [3.63, 3.8) is 0 Å². The van der Waals surface area contributed by atoms with Gasteiger partial charge in [-0.05, 0) is 11.5 Å². The van der Waals surface area contributed by atoms with E-state index in [1.54, 1.807) is 7.11 Å². The van der Waals surface area contributed by atoms with E-state index in [9.17, 15) is 0 Å². The van der Waals surface area contributed by atoms with Crippen LogP contribution in [-0.2, 0) is 11.3 Å². The number of nitrogens with zero attached hydrogens (tertiary/aromatic N) is 4. The molecule has 6 nitrogen and oxygen atoms in total. The zero-order valence-corrected chi connectivity index (χ0v) is 10.3. The second-order valence-electron chi connectivity index (χ2n) is 2.96. The van der Waals surface area contributed by atoms with Crippen molar-refractivity contribution < 1.29 is 4.74 Å². The summed E-state index contributed by atoms with van der Waals surface area (Å²) in [6.07, 6.45) is 0. The van der Waals surface area contributed by atoms with E-state index in [0.29, 0.717) is 13.2 Å². The highest BCUT2D eigenvalue weighted by molar-refractivity contribution is 7.14. The van der Waals surface area contributed by atoms with Gasteiger partial charge >= 0.3 is 0 Å². The summed E-state index contributed by atoms with van der Waals surface area (Å²) in [5, 5.41) is 18.9. The molecule has 0 spiro atoms. The fourth-order valence-corrected chi connectivity index (χ4v) is 2.34. The average molecular weight is 257 g/mol. The molecule has 0 aliphatic rings. The number of rotatable bonds is 6. The predicted octanol–water partition coefficient (Wildman–Crippen LogP) is 0.793. The molecule has 16 heavy (non-hydrogen) atoms. The zero-order valence-electron chi connectivity index (χ0n) is 8.71. The van der Waals surface area contributed by atoms with Crippen LogP contribution < -0.4 is 5.32 Å². The molecular formula is C8H11N5OS2. The summed E-state index contributed by atoms with van der Waals surface area (Å²) in [5.41, 5.74) is 0.797. The molecule has 0 fully saturated rings. The molecular weight excluding hydrogens is 246 g/mol. The second kappa shape index (κ2) is 5.94. The minimum absolute atomic E-state index is 0.696. The van der Waals surface area contributed by atoms with Crippen molar-refractivity contribution >= 4 is 22.9 Å². The third-order valence-electron chi connectivity index (χ3n) is 1.81. The number of methoxy groups -OCH3 is 1. The average Bonchev–Trinajstić information content (AvgIpc) is 2.94. The minimum atomic E-state index is 0.696. The third kappa shape index (κ3) is 3.01. The molecule has 2 aromatic heterocycles. The lowest BCUT2D eigenvalue weighted by atomic mass is 10.5. The van der Waals surface area contributed by atoms with Crippen molar-refractivity contribution in [1.29, 1.82) is 0 Å². The van der Waals surface area contributed by atoms with Crippen LogP contribution >= 0.6 is 22.9 Å². The monoisotopic (exact) mass is 257 g/mol. The molecule has 0 aliphatic heterocycles. The fourth-order valence-electron chi connectivity index (χ4n) is 1.06. The Hall–Kier alpha value is -0.960. The summed E-state index contributed by atoms with van der Waals surface area (Å²) in [5.74, 6) is 0. The van der Waals surface area contributed by atoms with Crippen LogP contribution in [0.25, 0.3) is 10.7 Å². The third-order valence-corrected chi connectivity index (χ3v) is 3.26. The van der Waals surface area contributed by atoms with E-state index in [-0.39, 0.29) is 0 Å². The summed E-state index contributed by atoms with van der Waals surface area (Å²) in [4.78, 5) is 0. The zero-order chi connectivity index (χ0) is 11.2. The summed E-state index contributed by atoms with van der Waals surface area (Å²) in [6, 6.07) is 0. The van der Waals surface area contributed by atoms with Crippen LogP contribution in [0.1, 0.15) is 5.01 Å². The maximum Gasteiger partial charge on any atom is 0.169 e. The molecule has 0 atom stereocenters. The van der Waals surface area contributed by atoms with E-state index < -0.39 is 0 Å². The summed E-state index contributed by atoms with van der Waals surface area (Å²) in [6.45, 7) is 2.21. The molecule has 2 heterocycles. The van der Waals surface area contributed by atoms with Crippen LogP contribution in [0.5, 0.6) is 0 Å². The van der Waals surface area contributed by atoms with Gasteiger partial charge in [-0.3, -0.25) is 0 Å². The first-order valence-corrected chi connectivity index (χ1v) is 6.35. The van der Waals surface area contributed by atoms with E-state index in [2.05, 4.69) is 25.1 Å². The van der Waals surface area contributed by atoms with Crippen LogP contribution in [0.3, 0.4) is 0 Å². The van der Waals surface area contributed by atoms with Crippen molar-refractivity contribution in [3.8, 4) is 10.7 Å². The first-order valence-electron chi connectivity index (χ1n) is 4.69. The maximum atomic E-state index is 4.93. The van der Waals surface area contributed by atoms with Crippen molar-refractivity contribution in [2.24, 2.45) is 0 Å². The van der Waals surface area contributed by atoms with Gasteiger partial charge in [-0.25, -0.2) is 0 Å². The summed E-state index contributed by atoms with van der Waals surface area (Å²) < 4.78 is 8.72. The lowest BCUT2D eigenvalue weighted by Crippen LogP contribution is -2.18. The van der Waals surface area contributed by atoms with E-state index in [4.69, 9.17) is 4.74 Å². The highest BCUT2D eigenvalue weighted by atomic mass is 32.1. The van der Waals surface area contributed by atoms with Crippen molar-refractivity contribution in [3.05, 3.63) is 10.4 Å². The van der Waals surface area contributed by atoms with Gasteiger partial charge in [-0.1, -0.05) is 15.8 Å². The predicted molar refractivity (Wildman–Crippen MR) is 62.4 cm³/mol. The SMILES string of the molecule is COCCNCc1nnc(-c2csnn2)s1. The van der Waals surface area contributed by atoms with E-state index in [1.807, 2.05) is 5.38 Å². The molecule has 2 rings (SSSR count). The molecule has 0 unspecified atom stereocenters. The topological polar surface area (TPSA) is 72.8 Å². The Labute approximate surface area is 101 Å². The van der Waals surface area contributed by atoms with Crippen molar-refractivity contribution in [2.75, 3.05) is 20.3 Å². The highest BCUT2D eigenvalue weighted by Crippen LogP contribution is 2.21. The molecule has 1 N–H and O–H groups in total. The van der Waals surface area contributed by atoms with Gasteiger partial charge in [0.25, 0.3) is 0 Å². The van der Waals surface area contributed by atoms with Gasteiger partial charge in [0.1, 0.15) is 10.7 Å². The second-order valence-corrected chi connectivity index (χ2v) is 4.63. The standard InChI is InChI=1S/C8H11N5OS2/c1-14-3-2-9-4-7-11-12-8(16-7)6-5-15-13-10-6/h5,9H,2-4H2,1H3. The van der Waals surface area contributed by atoms with Gasteiger partial charge < -0.3 is 10.1 Å². The molecule has 0 aliphatic carbocycles. The van der Waals surface area contributed by atoms with Gasteiger partial charge in [0, 0.05) is 25.6 Å². The molecule has 0 amide bonds. The molecule has 8 heteroatoms. The summed E-state index contributed by atoms with van der Waals surface area (Å²) >= 11 is 2.84. The number of hydrogen-bond acceptors (Lipinski definition) is 8. The van der Waals surface area contributed by atoms with Crippen LogP contribution in [0, 0.1) is 0 Å². The molecule has 2 aromatic rings. The van der Waals surface area contributed by atoms with Crippen molar-refractivity contribution in [2.45, 2.75) is 6.54 Å². The Balaban J connectivity index is 1.88. The van der Waals surface area contributed by atoms with E-state index in [0.717, 1.165) is 22.3 Å². The smallest absolute Gasteiger partial charge is 0.169 e. The number of hydrogen-bond donors (Lipinski definition) is 1. The molecule has 86 valence electrons. The maximum absolute atomic E-state index is 4.93. The number of ether oxygens (including phenoxy) is 1. The fraction of sp³-hybridized carbons (Fsp3) is 0.500. The van der Waals surface area contributed by atoms with Gasteiger partial charge in [0.05, 0.1) is 6.61 Å². The van der Waals surface area contributed by atoms with Crippen LogP contribution in [0.2, 0.25) is 0 Å². The largest absolute Gasteiger partial charge is 0.383 e. The van der Waals surface area contributed by atoms with Crippen LogP contribution in [0.4, 0.5) is 0 Å². The first kappa shape index (κ1) is 11.5. The van der Waals surface area contributed by atoms with E-state index in [1.165, 1.54) is 22.9 Å². The van der Waals surface area contributed by atoms with Gasteiger partial charge in [0.15, 0.2) is 5.01 Å². The Morgan fingerprint density at radius 3 is 3.06 bits per heavy atom. The highest BCUT2D eigenvalue weighted by Gasteiger charge is 2.08. The molecule has 0 saturated carbocycles. The molecule has 0 aromatic carbocycles. The van der Waals surface area contributed by atoms with Crippen molar-refractivity contribution in [1.82, 2.24) is 25.1 Å².